The molecule has 3 aliphatic rings. The fourth-order valence-corrected chi connectivity index (χ4v) is 7.56. The molecule has 0 bridgehead atoms. The number of hydrogen-bond acceptors (Lipinski definition) is 3. The fraction of sp³-hybridized carbons (Fsp3) is 0.111. The second-order valence-corrected chi connectivity index (χ2v) is 11.5. The van der Waals surface area contributed by atoms with Gasteiger partial charge in [0.2, 0.25) is 0 Å². The van der Waals surface area contributed by atoms with Crippen LogP contribution < -0.4 is 9.80 Å². The number of thiophene rings is 1. The van der Waals surface area contributed by atoms with E-state index in [2.05, 4.69) is 137 Å². The Hall–Kier alpha value is -4.34. The van der Waals surface area contributed by atoms with E-state index in [9.17, 15) is 0 Å². The van der Waals surface area contributed by atoms with Crippen LogP contribution in [0.4, 0.5) is 17.1 Å². The van der Waals surface area contributed by atoms with Gasteiger partial charge < -0.3 is 9.80 Å². The van der Waals surface area contributed by atoms with Crippen molar-refractivity contribution in [3.8, 4) is 11.1 Å². The van der Waals surface area contributed by atoms with Crippen molar-refractivity contribution in [3.05, 3.63) is 139 Å². The van der Waals surface area contributed by atoms with Crippen LogP contribution in [-0.2, 0) is 0 Å². The molecule has 39 heavy (non-hydrogen) atoms. The number of hydrogen-bond donors (Lipinski definition) is 0. The van der Waals surface area contributed by atoms with E-state index < -0.39 is 0 Å². The van der Waals surface area contributed by atoms with Gasteiger partial charge in [0.15, 0.2) is 0 Å². The largest absolute Gasteiger partial charge is 0.334 e. The first-order valence-corrected chi connectivity index (χ1v) is 14.6. The van der Waals surface area contributed by atoms with E-state index in [-0.39, 0.29) is 0 Å². The third-order valence-electron chi connectivity index (χ3n) is 8.14. The summed E-state index contributed by atoms with van der Waals surface area (Å²) in [4.78, 5) is 5.09. The quantitative estimate of drug-likeness (QED) is 0.233. The molecule has 2 heterocycles. The number of benzene rings is 4. The van der Waals surface area contributed by atoms with Gasteiger partial charge in [0.05, 0.1) is 23.1 Å². The molecular weight excluding hydrogens is 492 g/mol. The molecule has 0 spiro atoms. The van der Waals surface area contributed by atoms with Crippen LogP contribution >= 0.6 is 11.3 Å². The first-order chi connectivity index (χ1) is 19.4. The Bertz CT molecular complexity index is 1850. The SMILES string of the molecule is C1=CCC(N2C3=C(C=CCC3)N(c3ccc4sc5cccc(-c6ccccc6)c5c4c3)c3ccccc32)C=C1. The summed E-state index contributed by atoms with van der Waals surface area (Å²) in [6.45, 7) is 0. The minimum absolute atomic E-state index is 0.339. The maximum atomic E-state index is 2.59. The second kappa shape index (κ2) is 9.14. The molecule has 2 aliphatic carbocycles. The molecule has 1 atom stereocenters. The van der Waals surface area contributed by atoms with Gasteiger partial charge in [-0.25, -0.2) is 0 Å². The number of para-hydroxylation sites is 2. The van der Waals surface area contributed by atoms with Crippen molar-refractivity contribution < 1.29 is 0 Å². The van der Waals surface area contributed by atoms with Gasteiger partial charge in [-0.1, -0.05) is 85.0 Å². The summed E-state index contributed by atoms with van der Waals surface area (Å²) < 4.78 is 2.67. The van der Waals surface area contributed by atoms with Crippen LogP contribution in [0.25, 0.3) is 31.3 Å². The van der Waals surface area contributed by atoms with Crippen LogP contribution in [0.15, 0.2) is 139 Å². The molecule has 0 amide bonds. The average molecular weight is 521 g/mol. The minimum atomic E-state index is 0.339. The van der Waals surface area contributed by atoms with Crippen molar-refractivity contribution in [2.24, 2.45) is 0 Å². The van der Waals surface area contributed by atoms with Gasteiger partial charge in [-0.05, 0) is 72.9 Å². The highest BCUT2D eigenvalue weighted by Gasteiger charge is 2.34. The lowest BCUT2D eigenvalue weighted by atomic mass is 9.95. The van der Waals surface area contributed by atoms with Crippen LogP contribution in [0.5, 0.6) is 0 Å². The van der Waals surface area contributed by atoms with E-state index in [0.29, 0.717) is 6.04 Å². The van der Waals surface area contributed by atoms with Gasteiger partial charge in [0, 0.05) is 31.6 Å². The van der Waals surface area contributed by atoms with Crippen molar-refractivity contribution in [2.75, 3.05) is 9.80 Å². The predicted molar refractivity (Wildman–Crippen MR) is 168 cm³/mol. The molecule has 1 aromatic heterocycles. The maximum Gasteiger partial charge on any atom is 0.0699 e. The molecular formula is C36H28N2S. The highest BCUT2D eigenvalue weighted by Crippen LogP contribution is 2.49. The Balaban J connectivity index is 1.35. The van der Waals surface area contributed by atoms with Crippen LogP contribution in [0.1, 0.15) is 19.3 Å². The van der Waals surface area contributed by atoms with Crippen molar-refractivity contribution in [2.45, 2.75) is 25.3 Å². The van der Waals surface area contributed by atoms with Crippen molar-refractivity contribution >= 4 is 48.6 Å². The molecule has 2 nitrogen and oxygen atoms in total. The lowest BCUT2D eigenvalue weighted by Gasteiger charge is -2.45. The third-order valence-corrected chi connectivity index (χ3v) is 9.28. The standard InChI is InChI=1S/C36H28N2S/c1-3-12-25(13-4-1)28-16-11-21-35-36(28)29-24-27(22-23-34(29)39-35)38-32-19-9-7-17-30(32)37(26-14-5-2-6-15-26)31-18-8-10-20-33(31)38/h1-7,9-14,16-17,19-24,26H,8,15,18H2. The van der Waals surface area contributed by atoms with E-state index in [1.54, 1.807) is 0 Å². The van der Waals surface area contributed by atoms with E-state index >= 15 is 0 Å². The van der Waals surface area contributed by atoms with Gasteiger partial charge in [-0.3, -0.25) is 0 Å². The summed E-state index contributed by atoms with van der Waals surface area (Å²) in [5.74, 6) is 0. The Labute approximate surface area is 233 Å². The van der Waals surface area contributed by atoms with Gasteiger partial charge in [-0.15, -0.1) is 11.3 Å². The predicted octanol–water partition coefficient (Wildman–Crippen LogP) is 10.1. The molecule has 1 aliphatic heterocycles. The van der Waals surface area contributed by atoms with Crippen molar-refractivity contribution in [3.63, 3.8) is 0 Å². The Kier molecular flexibility index (Phi) is 5.31. The zero-order valence-electron chi connectivity index (χ0n) is 21.6. The molecule has 188 valence electrons. The highest BCUT2D eigenvalue weighted by molar-refractivity contribution is 7.26. The van der Waals surface area contributed by atoms with E-state index in [0.717, 1.165) is 19.3 Å². The normalized spacial score (nSPS) is 18.2. The highest BCUT2D eigenvalue weighted by atomic mass is 32.1. The van der Waals surface area contributed by atoms with Gasteiger partial charge in [0.1, 0.15) is 0 Å². The molecule has 0 saturated heterocycles. The zero-order valence-corrected chi connectivity index (χ0v) is 22.4. The number of nitrogens with zero attached hydrogens (tertiary/aromatic N) is 2. The molecule has 0 radical (unpaired) electrons. The maximum absolute atomic E-state index is 2.59. The smallest absolute Gasteiger partial charge is 0.0699 e. The monoisotopic (exact) mass is 520 g/mol. The minimum Gasteiger partial charge on any atom is -0.334 e. The number of fused-ring (bicyclic) bond motifs is 4. The van der Waals surface area contributed by atoms with Crippen molar-refractivity contribution in [1.82, 2.24) is 0 Å². The lowest BCUT2D eigenvalue weighted by molar-refractivity contribution is 0.702. The summed E-state index contributed by atoms with van der Waals surface area (Å²) in [5, 5.41) is 2.68. The van der Waals surface area contributed by atoms with Crippen LogP contribution in [-0.4, -0.2) is 6.04 Å². The summed E-state index contributed by atoms with van der Waals surface area (Å²) in [6.07, 6.45) is 16.8. The second-order valence-electron chi connectivity index (χ2n) is 10.4. The van der Waals surface area contributed by atoms with Gasteiger partial charge in [-0.2, -0.15) is 0 Å². The molecule has 0 saturated carbocycles. The van der Waals surface area contributed by atoms with E-state index in [4.69, 9.17) is 0 Å². The Morgan fingerprint density at radius 1 is 0.744 bits per heavy atom. The third kappa shape index (κ3) is 3.61. The topological polar surface area (TPSA) is 6.48 Å². The number of rotatable bonds is 3. The molecule has 4 aromatic carbocycles. The zero-order chi connectivity index (χ0) is 25.8. The first kappa shape index (κ1) is 22.6. The molecule has 1 unspecified atom stereocenters. The van der Waals surface area contributed by atoms with Gasteiger partial charge >= 0.3 is 0 Å². The molecule has 8 rings (SSSR count). The molecule has 0 fully saturated rings. The van der Waals surface area contributed by atoms with Crippen LogP contribution in [0, 0.1) is 0 Å². The van der Waals surface area contributed by atoms with E-state index in [1.165, 1.54) is 59.8 Å². The lowest BCUT2D eigenvalue weighted by Crippen LogP contribution is -2.40. The van der Waals surface area contributed by atoms with Crippen LogP contribution in [0.3, 0.4) is 0 Å². The number of anilines is 3. The molecule has 0 N–H and O–H groups in total. The van der Waals surface area contributed by atoms with E-state index in [1.807, 2.05) is 11.3 Å². The summed E-state index contributed by atoms with van der Waals surface area (Å²) >= 11 is 1.89. The summed E-state index contributed by atoms with van der Waals surface area (Å²) in [6, 6.07) is 33.8. The fourth-order valence-electron chi connectivity index (χ4n) is 6.45. The summed E-state index contributed by atoms with van der Waals surface area (Å²) in [5.41, 5.74) is 9.03. The summed E-state index contributed by atoms with van der Waals surface area (Å²) in [7, 11) is 0. The van der Waals surface area contributed by atoms with Crippen LogP contribution in [0.2, 0.25) is 0 Å². The van der Waals surface area contributed by atoms with Gasteiger partial charge in [0.25, 0.3) is 0 Å². The molecule has 5 aromatic rings. The molecule has 3 heteroatoms. The average Bonchev–Trinajstić information content (AvgIpc) is 3.39. The first-order valence-electron chi connectivity index (χ1n) is 13.8. The Morgan fingerprint density at radius 3 is 2.49 bits per heavy atom. The number of allylic oxidation sites excluding steroid dienone is 5. The van der Waals surface area contributed by atoms with Crippen molar-refractivity contribution in [1.29, 1.82) is 0 Å². The Morgan fingerprint density at radius 2 is 1.62 bits per heavy atom.